The average Bonchev–Trinajstić information content (AvgIpc) is 2.28. The second-order valence-corrected chi connectivity index (χ2v) is 5.68. The summed E-state index contributed by atoms with van der Waals surface area (Å²) in [5.74, 6) is 0.946. The first kappa shape index (κ1) is 14.0. The van der Waals surface area contributed by atoms with Crippen molar-refractivity contribution in [2.75, 3.05) is 6.54 Å². The number of nitrogens with two attached hydrogens (primary N) is 1. The van der Waals surface area contributed by atoms with Crippen LogP contribution in [0.3, 0.4) is 0 Å². The van der Waals surface area contributed by atoms with Crippen molar-refractivity contribution < 1.29 is 4.74 Å². The largest absolute Gasteiger partial charge is 0.491 e. The van der Waals surface area contributed by atoms with E-state index in [2.05, 4.69) is 26.0 Å². The van der Waals surface area contributed by atoms with E-state index in [0.29, 0.717) is 0 Å². The molecular formula is C15H25NO. The van der Waals surface area contributed by atoms with Gasteiger partial charge in [-0.1, -0.05) is 26.0 Å². The van der Waals surface area contributed by atoms with Crippen LogP contribution in [0.5, 0.6) is 5.75 Å². The predicted molar refractivity (Wildman–Crippen MR) is 73.4 cm³/mol. The Morgan fingerprint density at radius 1 is 1.18 bits per heavy atom. The van der Waals surface area contributed by atoms with E-state index >= 15 is 0 Å². The zero-order valence-corrected chi connectivity index (χ0v) is 11.5. The van der Waals surface area contributed by atoms with Gasteiger partial charge in [0.2, 0.25) is 0 Å². The molecule has 0 aliphatic heterocycles. The maximum absolute atomic E-state index is 5.73. The second-order valence-electron chi connectivity index (χ2n) is 5.68. The van der Waals surface area contributed by atoms with E-state index in [9.17, 15) is 0 Å². The van der Waals surface area contributed by atoms with E-state index in [4.69, 9.17) is 10.5 Å². The van der Waals surface area contributed by atoms with Crippen molar-refractivity contribution in [1.82, 2.24) is 0 Å². The molecule has 0 bridgehead atoms. The van der Waals surface area contributed by atoms with Crippen molar-refractivity contribution in [2.45, 2.75) is 46.6 Å². The minimum atomic E-state index is 0.229. The Hall–Kier alpha value is -1.02. The molecule has 0 spiro atoms. The van der Waals surface area contributed by atoms with Gasteiger partial charge >= 0.3 is 0 Å². The molecule has 1 aromatic rings. The lowest BCUT2D eigenvalue weighted by Crippen LogP contribution is -2.24. The van der Waals surface area contributed by atoms with Crippen molar-refractivity contribution in [3.8, 4) is 5.75 Å². The number of hydrogen-bond donors (Lipinski definition) is 1. The van der Waals surface area contributed by atoms with Gasteiger partial charge in [0.05, 0.1) is 6.10 Å². The van der Waals surface area contributed by atoms with Gasteiger partial charge in [-0.25, -0.2) is 0 Å². The topological polar surface area (TPSA) is 35.2 Å². The highest BCUT2D eigenvalue weighted by molar-refractivity contribution is 5.27. The molecule has 1 aromatic carbocycles. The third-order valence-corrected chi connectivity index (χ3v) is 2.94. The Morgan fingerprint density at radius 3 is 2.24 bits per heavy atom. The highest BCUT2D eigenvalue weighted by Crippen LogP contribution is 2.22. The van der Waals surface area contributed by atoms with Crippen LogP contribution in [0.15, 0.2) is 24.3 Å². The molecule has 2 heteroatoms. The van der Waals surface area contributed by atoms with Crippen LogP contribution in [-0.2, 0) is 6.42 Å². The third kappa shape index (κ3) is 5.22. The van der Waals surface area contributed by atoms with Gasteiger partial charge in [0.15, 0.2) is 0 Å². The van der Waals surface area contributed by atoms with E-state index in [1.807, 2.05) is 26.0 Å². The molecule has 0 fully saturated rings. The Bertz CT molecular complexity index is 327. The van der Waals surface area contributed by atoms with Crippen molar-refractivity contribution in [1.29, 1.82) is 0 Å². The van der Waals surface area contributed by atoms with Crippen molar-refractivity contribution in [2.24, 2.45) is 11.1 Å². The molecule has 0 aromatic heterocycles. The molecule has 2 nitrogen and oxygen atoms in total. The minimum absolute atomic E-state index is 0.229. The first-order valence-electron chi connectivity index (χ1n) is 6.38. The monoisotopic (exact) mass is 235 g/mol. The van der Waals surface area contributed by atoms with E-state index in [1.165, 1.54) is 5.56 Å². The van der Waals surface area contributed by atoms with Gasteiger partial charge in [0, 0.05) is 0 Å². The molecule has 0 unspecified atom stereocenters. The van der Waals surface area contributed by atoms with E-state index in [0.717, 1.165) is 25.1 Å². The molecule has 0 aliphatic carbocycles. The van der Waals surface area contributed by atoms with Crippen molar-refractivity contribution >= 4 is 0 Å². The summed E-state index contributed by atoms with van der Waals surface area (Å²) >= 11 is 0. The normalized spacial score (nSPS) is 11.9. The zero-order valence-electron chi connectivity index (χ0n) is 11.5. The van der Waals surface area contributed by atoms with Crippen LogP contribution < -0.4 is 10.5 Å². The molecule has 0 heterocycles. The number of aryl methyl sites for hydroxylation is 1. The fraction of sp³-hybridized carbons (Fsp3) is 0.600. The Labute approximate surface area is 105 Å². The second kappa shape index (κ2) is 6.06. The third-order valence-electron chi connectivity index (χ3n) is 2.94. The summed E-state index contributed by atoms with van der Waals surface area (Å²) < 4.78 is 5.62. The molecule has 0 atom stereocenters. The van der Waals surface area contributed by atoms with Gasteiger partial charge < -0.3 is 10.5 Å². The molecule has 0 radical (unpaired) electrons. The average molecular weight is 235 g/mol. The quantitative estimate of drug-likeness (QED) is 0.820. The van der Waals surface area contributed by atoms with Gasteiger partial charge in [0.25, 0.3) is 0 Å². The summed E-state index contributed by atoms with van der Waals surface area (Å²) in [5, 5.41) is 0. The lowest BCUT2D eigenvalue weighted by molar-refractivity contribution is 0.242. The Morgan fingerprint density at radius 2 is 1.76 bits per heavy atom. The van der Waals surface area contributed by atoms with Gasteiger partial charge in [-0.2, -0.15) is 0 Å². The minimum Gasteiger partial charge on any atom is -0.491 e. The molecule has 0 saturated heterocycles. The fourth-order valence-corrected chi connectivity index (χ4v) is 1.59. The van der Waals surface area contributed by atoms with E-state index in [-0.39, 0.29) is 11.5 Å². The molecule has 17 heavy (non-hydrogen) atoms. The summed E-state index contributed by atoms with van der Waals surface area (Å²) in [4.78, 5) is 0. The Kier molecular flexibility index (Phi) is 5.01. The zero-order chi connectivity index (χ0) is 12.9. The van der Waals surface area contributed by atoms with Gasteiger partial charge in [-0.3, -0.25) is 0 Å². The standard InChI is InChI=1S/C15H25NO/c1-12(2)17-14-7-5-13(6-8-14)9-10-15(3,4)11-16/h5-8,12H,9-11,16H2,1-4H3. The summed E-state index contributed by atoms with van der Waals surface area (Å²) in [6, 6.07) is 8.38. The summed E-state index contributed by atoms with van der Waals surface area (Å²) in [7, 11) is 0. The summed E-state index contributed by atoms with van der Waals surface area (Å²) in [6.45, 7) is 9.24. The highest BCUT2D eigenvalue weighted by Gasteiger charge is 2.14. The molecule has 96 valence electrons. The van der Waals surface area contributed by atoms with Crippen LogP contribution in [0.4, 0.5) is 0 Å². The van der Waals surface area contributed by atoms with Crippen LogP contribution in [0.25, 0.3) is 0 Å². The number of rotatable bonds is 6. The van der Waals surface area contributed by atoms with Gasteiger partial charge in [-0.15, -0.1) is 0 Å². The highest BCUT2D eigenvalue weighted by atomic mass is 16.5. The van der Waals surface area contributed by atoms with Crippen LogP contribution in [0, 0.1) is 5.41 Å². The SMILES string of the molecule is CC(C)Oc1ccc(CCC(C)(C)CN)cc1. The molecule has 0 saturated carbocycles. The maximum Gasteiger partial charge on any atom is 0.119 e. The van der Waals surface area contributed by atoms with Crippen molar-refractivity contribution in [3.05, 3.63) is 29.8 Å². The lowest BCUT2D eigenvalue weighted by Gasteiger charge is -2.22. The number of ether oxygens (including phenoxy) is 1. The molecule has 0 amide bonds. The van der Waals surface area contributed by atoms with Crippen LogP contribution in [0.2, 0.25) is 0 Å². The fourth-order valence-electron chi connectivity index (χ4n) is 1.59. The maximum atomic E-state index is 5.73. The van der Waals surface area contributed by atoms with Gasteiger partial charge in [0.1, 0.15) is 5.75 Å². The predicted octanol–water partition coefficient (Wildman–Crippen LogP) is 3.39. The summed E-state index contributed by atoms with van der Waals surface area (Å²) in [6.07, 6.45) is 2.43. The smallest absolute Gasteiger partial charge is 0.119 e. The van der Waals surface area contributed by atoms with E-state index in [1.54, 1.807) is 0 Å². The first-order chi connectivity index (χ1) is 7.93. The molecule has 2 N–H and O–H groups in total. The molecular weight excluding hydrogens is 210 g/mol. The van der Waals surface area contributed by atoms with Crippen LogP contribution in [-0.4, -0.2) is 12.6 Å². The Balaban J connectivity index is 2.51. The number of hydrogen-bond acceptors (Lipinski definition) is 2. The summed E-state index contributed by atoms with van der Waals surface area (Å²) in [5.41, 5.74) is 7.31. The van der Waals surface area contributed by atoms with Crippen LogP contribution in [0.1, 0.15) is 39.7 Å². The van der Waals surface area contributed by atoms with Crippen molar-refractivity contribution in [3.63, 3.8) is 0 Å². The van der Waals surface area contributed by atoms with Gasteiger partial charge in [-0.05, 0) is 56.3 Å². The first-order valence-corrected chi connectivity index (χ1v) is 6.38. The molecule has 0 aliphatic rings. The lowest BCUT2D eigenvalue weighted by atomic mass is 9.86. The van der Waals surface area contributed by atoms with E-state index < -0.39 is 0 Å². The molecule has 1 rings (SSSR count). The number of benzene rings is 1. The van der Waals surface area contributed by atoms with Crippen LogP contribution >= 0.6 is 0 Å².